The van der Waals surface area contributed by atoms with Crippen LogP contribution in [0.2, 0.25) is 0 Å². The van der Waals surface area contributed by atoms with Crippen LogP contribution in [0.25, 0.3) is 11.1 Å². The van der Waals surface area contributed by atoms with Crippen molar-refractivity contribution in [2.45, 2.75) is 12.0 Å². The lowest BCUT2D eigenvalue weighted by Crippen LogP contribution is -2.69. The number of hydrogen-bond acceptors (Lipinski definition) is 3. The molecule has 3 rings (SSSR count). The highest BCUT2D eigenvalue weighted by Gasteiger charge is 2.27. The van der Waals surface area contributed by atoms with E-state index in [0.29, 0.717) is 11.7 Å². The zero-order valence-electron chi connectivity index (χ0n) is 11.6. The van der Waals surface area contributed by atoms with Gasteiger partial charge in [0.2, 0.25) is 0 Å². The number of rotatable bonds is 5. The Labute approximate surface area is 128 Å². The minimum Gasteiger partial charge on any atom is -0.544 e. The van der Waals surface area contributed by atoms with Gasteiger partial charge in [0.1, 0.15) is 6.04 Å². The Morgan fingerprint density at radius 1 is 1.10 bits per heavy atom. The van der Waals surface area contributed by atoms with Gasteiger partial charge in [0.15, 0.2) is 0 Å². The smallest absolute Gasteiger partial charge is 0.134 e. The fourth-order valence-electron chi connectivity index (χ4n) is 2.84. The lowest BCUT2D eigenvalue weighted by Gasteiger charge is -2.14. The highest BCUT2D eigenvalue weighted by atomic mass is 32.2. The molecule has 1 aliphatic rings. The van der Waals surface area contributed by atoms with Crippen molar-refractivity contribution < 1.29 is 15.6 Å². The van der Waals surface area contributed by atoms with Gasteiger partial charge in [-0.3, -0.25) is 0 Å². The first kappa shape index (κ1) is 14.2. The summed E-state index contributed by atoms with van der Waals surface area (Å²) >= 11 is 1.63. The molecule has 0 fully saturated rings. The van der Waals surface area contributed by atoms with Crippen molar-refractivity contribution in [1.82, 2.24) is 0 Å². The van der Waals surface area contributed by atoms with E-state index in [9.17, 15) is 9.90 Å². The van der Waals surface area contributed by atoms with Crippen molar-refractivity contribution in [3.63, 3.8) is 0 Å². The molecule has 0 amide bonds. The maximum Gasteiger partial charge on any atom is 0.134 e. The molecule has 0 bridgehead atoms. The van der Waals surface area contributed by atoms with E-state index in [1.165, 1.54) is 22.3 Å². The highest BCUT2D eigenvalue weighted by molar-refractivity contribution is 7.99. The normalized spacial score (nSPS) is 14.5. The van der Waals surface area contributed by atoms with Crippen molar-refractivity contribution in [3.05, 3.63) is 59.7 Å². The number of aliphatic carboxylic acids is 1. The molecule has 2 aromatic carbocycles. The van der Waals surface area contributed by atoms with E-state index < -0.39 is 12.0 Å². The summed E-state index contributed by atoms with van der Waals surface area (Å²) in [6.45, 7) is 0. The van der Waals surface area contributed by atoms with E-state index in [-0.39, 0.29) is 0 Å². The third-order valence-electron chi connectivity index (χ3n) is 3.90. The van der Waals surface area contributed by atoms with Gasteiger partial charge in [-0.2, -0.15) is 11.8 Å². The Balaban J connectivity index is 1.81. The molecular weight excluding hydrogens is 282 g/mol. The van der Waals surface area contributed by atoms with Gasteiger partial charge in [0.25, 0.3) is 0 Å². The van der Waals surface area contributed by atoms with E-state index in [2.05, 4.69) is 54.3 Å². The summed E-state index contributed by atoms with van der Waals surface area (Å²) in [6, 6.07) is 16.3. The van der Waals surface area contributed by atoms with Gasteiger partial charge >= 0.3 is 0 Å². The number of quaternary nitrogens is 1. The molecule has 1 atom stereocenters. The molecule has 3 N–H and O–H groups in total. The summed E-state index contributed by atoms with van der Waals surface area (Å²) in [5, 5.41) is 10.7. The Kier molecular flexibility index (Phi) is 3.99. The fourth-order valence-corrected chi connectivity index (χ4v) is 3.99. The van der Waals surface area contributed by atoms with Crippen LogP contribution in [0, 0.1) is 0 Å². The van der Waals surface area contributed by atoms with Crippen molar-refractivity contribution in [2.75, 3.05) is 11.5 Å². The Hall–Kier alpha value is -1.78. The van der Waals surface area contributed by atoms with Crippen LogP contribution in [0.15, 0.2) is 48.5 Å². The van der Waals surface area contributed by atoms with Gasteiger partial charge in [-0.1, -0.05) is 48.5 Å². The number of carbonyl (C=O) groups is 1. The molecule has 0 saturated heterocycles. The van der Waals surface area contributed by atoms with Gasteiger partial charge < -0.3 is 15.6 Å². The van der Waals surface area contributed by atoms with Crippen LogP contribution in [0.5, 0.6) is 0 Å². The number of carbonyl (C=O) groups excluding carboxylic acids is 1. The van der Waals surface area contributed by atoms with Crippen LogP contribution < -0.4 is 10.8 Å². The summed E-state index contributed by atoms with van der Waals surface area (Å²) < 4.78 is 0. The Morgan fingerprint density at radius 2 is 1.62 bits per heavy atom. The average Bonchev–Trinajstić information content (AvgIpc) is 2.82. The molecule has 0 radical (unpaired) electrons. The van der Waals surface area contributed by atoms with Crippen LogP contribution in [-0.2, 0) is 4.79 Å². The van der Waals surface area contributed by atoms with Crippen LogP contribution in [-0.4, -0.2) is 23.5 Å². The number of benzene rings is 2. The Morgan fingerprint density at radius 3 is 2.14 bits per heavy atom. The van der Waals surface area contributed by atoms with Crippen molar-refractivity contribution in [2.24, 2.45) is 0 Å². The minimum absolute atomic E-state index is 0.330. The quantitative estimate of drug-likeness (QED) is 0.891. The first-order valence-electron chi connectivity index (χ1n) is 6.98. The van der Waals surface area contributed by atoms with Crippen LogP contribution in [0.1, 0.15) is 17.0 Å². The van der Waals surface area contributed by atoms with Gasteiger partial charge in [0, 0.05) is 11.7 Å². The summed E-state index contributed by atoms with van der Waals surface area (Å²) in [6.07, 6.45) is 0. The number of thioether (sulfide) groups is 1. The second-order valence-electron chi connectivity index (χ2n) is 5.28. The molecule has 0 unspecified atom stereocenters. The number of carboxylic acid groups (broad SMARTS) is 1. The standard InChI is InChI=1S/C17H17NO2S/c18-16(17(19)20)10-21-9-15-13-7-3-1-5-11(13)12-6-2-4-8-14(12)15/h1-8,15-16H,9-10,18H2,(H,19,20)/t16-/m1/s1. The summed E-state index contributed by atoms with van der Waals surface area (Å²) in [5.41, 5.74) is 8.87. The molecule has 1 aliphatic carbocycles. The van der Waals surface area contributed by atoms with Gasteiger partial charge in [-0.15, -0.1) is 0 Å². The molecule has 0 heterocycles. The third kappa shape index (κ3) is 2.69. The number of fused-ring (bicyclic) bond motifs is 3. The SMILES string of the molecule is [NH3+][C@H](CSCC1c2ccccc2-c2ccccc21)C(=O)[O-]. The zero-order chi connectivity index (χ0) is 14.8. The summed E-state index contributed by atoms with van der Waals surface area (Å²) in [4.78, 5) is 10.7. The van der Waals surface area contributed by atoms with Crippen molar-refractivity contribution in [3.8, 4) is 11.1 Å². The van der Waals surface area contributed by atoms with E-state index in [4.69, 9.17) is 0 Å². The minimum atomic E-state index is -1.07. The van der Waals surface area contributed by atoms with Gasteiger partial charge in [-0.05, 0) is 22.3 Å². The second kappa shape index (κ2) is 5.92. The van der Waals surface area contributed by atoms with E-state index in [0.717, 1.165) is 5.75 Å². The largest absolute Gasteiger partial charge is 0.544 e. The number of carboxylic acids is 1. The van der Waals surface area contributed by atoms with Gasteiger partial charge in [0.05, 0.1) is 11.7 Å². The summed E-state index contributed by atoms with van der Waals surface area (Å²) in [7, 11) is 0. The highest BCUT2D eigenvalue weighted by Crippen LogP contribution is 2.45. The first-order valence-corrected chi connectivity index (χ1v) is 8.14. The van der Waals surface area contributed by atoms with E-state index >= 15 is 0 Å². The number of hydrogen-bond donors (Lipinski definition) is 1. The first-order chi connectivity index (χ1) is 10.2. The second-order valence-corrected chi connectivity index (χ2v) is 6.36. The molecule has 2 aromatic rings. The van der Waals surface area contributed by atoms with E-state index in [1.54, 1.807) is 11.8 Å². The molecule has 0 aliphatic heterocycles. The van der Waals surface area contributed by atoms with Crippen molar-refractivity contribution >= 4 is 17.7 Å². The van der Waals surface area contributed by atoms with Crippen LogP contribution in [0.3, 0.4) is 0 Å². The molecule has 3 nitrogen and oxygen atoms in total. The molecule has 108 valence electrons. The molecular formula is C17H17NO2S. The zero-order valence-corrected chi connectivity index (χ0v) is 12.4. The fraction of sp³-hybridized carbons (Fsp3) is 0.235. The molecule has 4 heteroatoms. The van der Waals surface area contributed by atoms with Crippen LogP contribution >= 0.6 is 11.8 Å². The molecule has 0 spiro atoms. The topological polar surface area (TPSA) is 67.8 Å². The third-order valence-corrected chi connectivity index (χ3v) is 5.11. The monoisotopic (exact) mass is 299 g/mol. The molecule has 0 aromatic heterocycles. The predicted octanol–water partition coefficient (Wildman–Crippen LogP) is 0.892. The predicted molar refractivity (Wildman–Crippen MR) is 82.7 cm³/mol. The summed E-state index contributed by atoms with van der Waals surface area (Å²) in [5.74, 6) is 0.613. The van der Waals surface area contributed by atoms with Crippen molar-refractivity contribution in [1.29, 1.82) is 0 Å². The lowest BCUT2D eigenvalue weighted by molar-refractivity contribution is -0.431. The average molecular weight is 299 g/mol. The molecule has 0 saturated carbocycles. The van der Waals surface area contributed by atoms with E-state index in [1.807, 2.05) is 0 Å². The molecule has 21 heavy (non-hydrogen) atoms. The lowest BCUT2D eigenvalue weighted by atomic mass is 9.99. The Bertz CT molecular complexity index is 626. The van der Waals surface area contributed by atoms with Gasteiger partial charge in [-0.25, -0.2) is 0 Å². The van der Waals surface area contributed by atoms with Crippen LogP contribution in [0.4, 0.5) is 0 Å². The maximum atomic E-state index is 10.7. The maximum absolute atomic E-state index is 10.7.